The molecule has 3 nitrogen and oxygen atoms in total. The smallest absolute Gasteiger partial charge is 0.0280 e. The molecular weight excluding hydrogens is 270 g/mol. The molecule has 0 aliphatic rings. The van der Waals surface area contributed by atoms with Gasteiger partial charge in [0.25, 0.3) is 0 Å². The van der Waals surface area contributed by atoms with Crippen LogP contribution in [0.1, 0.15) is 82.1 Å². The predicted molar refractivity (Wildman–Crippen MR) is 87.1 cm³/mol. The van der Waals surface area contributed by atoms with Gasteiger partial charge in [-0.05, 0) is 51.4 Å². The van der Waals surface area contributed by atoms with E-state index in [0.717, 1.165) is 12.8 Å². The average molecular weight is 305 g/mol. The summed E-state index contributed by atoms with van der Waals surface area (Å²) < 4.78 is 25.4. The zero-order chi connectivity index (χ0) is 16.6. The molecule has 0 radical (unpaired) electrons. The summed E-state index contributed by atoms with van der Waals surface area (Å²) in [5, 5.41) is 0. The van der Waals surface area contributed by atoms with Crippen LogP contribution in [-0.4, -0.2) is 24.1 Å². The first-order valence-corrected chi connectivity index (χ1v) is 8.41. The van der Waals surface area contributed by atoms with Crippen LogP contribution in [0.25, 0.3) is 0 Å². The van der Waals surface area contributed by atoms with Crippen molar-refractivity contribution in [2.24, 2.45) is 10.8 Å². The van der Waals surface area contributed by atoms with E-state index >= 15 is 0 Å². The standard InChI is InChI=1S/C16H35NO2S/c1-13(2,3)11-15(7,8)17(20(18)19)16(9,10)12-14(4,5)6/h11-12H2,1-10H3,(H,18,19)/p-1. The molecule has 122 valence electrons. The normalized spacial score (nSPS) is 16.6. The van der Waals surface area contributed by atoms with Crippen LogP contribution in [0.2, 0.25) is 0 Å². The minimum absolute atomic E-state index is 0.0823. The van der Waals surface area contributed by atoms with E-state index in [4.69, 9.17) is 0 Å². The van der Waals surface area contributed by atoms with Crippen molar-refractivity contribution < 1.29 is 8.76 Å². The second kappa shape index (κ2) is 6.05. The van der Waals surface area contributed by atoms with E-state index < -0.39 is 22.3 Å². The van der Waals surface area contributed by atoms with Gasteiger partial charge in [-0.15, -0.1) is 0 Å². The van der Waals surface area contributed by atoms with Crippen LogP contribution in [0, 0.1) is 10.8 Å². The zero-order valence-corrected chi connectivity index (χ0v) is 15.9. The zero-order valence-electron chi connectivity index (χ0n) is 15.1. The monoisotopic (exact) mass is 304 g/mol. The maximum absolute atomic E-state index is 11.9. The minimum Gasteiger partial charge on any atom is -0.760 e. The summed E-state index contributed by atoms with van der Waals surface area (Å²) in [6.45, 7) is 21.0. The largest absolute Gasteiger partial charge is 0.760 e. The molecule has 0 heterocycles. The van der Waals surface area contributed by atoms with E-state index in [1.807, 2.05) is 27.7 Å². The number of hydrogen-bond acceptors (Lipinski definition) is 2. The van der Waals surface area contributed by atoms with Crippen LogP contribution in [0.3, 0.4) is 0 Å². The Morgan fingerprint density at radius 1 is 0.750 bits per heavy atom. The third-order valence-electron chi connectivity index (χ3n) is 3.17. The molecule has 0 aromatic rings. The third kappa shape index (κ3) is 6.68. The van der Waals surface area contributed by atoms with E-state index in [2.05, 4.69) is 41.5 Å². The quantitative estimate of drug-likeness (QED) is 0.701. The maximum Gasteiger partial charge on any atom is 0.0280 e. The van der Waals surface area contributed by atoms with Gasteiger partial charge in [0, 0.05) is 22.3 Å². The SMILES string of the molecule is CC(C)(C)CC(C)(C)N(S(=O)[O-])C(C)(C)CC(C)(C)C. The molecule has 0 aliphatic heterocycles. The topological polar surface area (TPSA) is 43.4 Å². The summed E-state index contributed by atoms with van der Waals surface area (Å²) in [7, 11) is 0. The van der Waals surface area contributed by atoms with E-state index in [-0.39, 0.29) is 10.8 Å². The first-order chi connectivity index (χ1) is 8.48. The molecule has 0 aromatic heterocycles. The highest BCUT2D eigenvalue weighted by molar-refractivity contribution is 7.76. The summed E-state index contributed by atoms with van der Waals surface area (Å²) in [6.07, 6.45) is 1.64. The summed E-state index contributed by atoms with van der Waals surface area (Å²) in [4.78, 5) is 0. The first-order valence-electron chi connectivity index (χ1n) is 7.38. The lowest BCUT2D eigenvalue weighted by molar-refractivity contribution is 0.0480. The van der Waals surface area contributed by atoms with E-state index in [1.165, 1.54) is 0 Å². The molecule has 20 heavy (non-hydrogen) atoms. The fourth-order valence-corrected chi connectivity index (χ4v) is 4.90. The Balaban J connectivity index is 5.49. The molecule has 0 bridgehead atoms. The number of nitrogens with zero attached hydrogens (tertiary/aromatic N) is 1. The summed E-state index contributed by atoms with van der Waals surface area (Å²) in [6, 6.07) is 0. The van der Waals surface area contributed by atoms with Gasteiger partial charge in [-0.3, -0.25) is 4.21 Å². The van der Waals surface area contributed by atoms with E-state index in [0.29, 0.717) is 0 Å². The second-order valence-electron chi connectivity index (χ2n) is 9.61. The molecular formula is C16H34NO2S-. The molecule has 0 amide bonds. The Hall–Kier alpha value is 0.0700. The molecule has 0 rings (SSSR count). The van der Waals surface area contributed by atoms with Crippen molar-refractivity contribution in [3.63, 3.8) is 0 Å². The third-order valence-corrected chi connectivity index (χ3v) is 4.46. The molecule has 0 fully saturated rings. The van der Waals surface area contributed by atoms with Crippen molar-refractivity contribution in [2.45, 2.75) is 93.2 Å². The number of hydrogen-bond donors (Lipinski definition) is 0. The highest BCUT2D eigenvalue weighted by Gasteiger charge is 2.42. The van der Waals surface area contributed by atoms with Crippen molar-refractivity contribution in [2.75, 3.05) is 0 Å². The van der Waals surface area contributed by atoms with Crippen molar-refractivity contribution >= 4 is 11.3 Å². The van der Waals surface area contributed by atoms with E-state index in [1.54, 1.807) is 4.31 Å². The van der Waals surface area contributed by atoms with Gasteiger partial charge < -0.3 is 4.55 Å². The van der Waals surface area contributed by atoms with Crippen LogP contribution < -0.4 is 0 Å². The fraction of sp³-hybridized carbons (Fsp3) is 1.00. The highest BCUT2D eigenvalue weighted by Crippen LogP contribution is 2.40. The Bertz CT molecular complexity index is 320. The Morgan fingerprint density at radius 3 is 1.15 bits per heavy atom. The van der Waals surface area contributed by atoms with Gasteiger partial charge >= 0.3 is 0 Å². The molecule has 0 spiro atoms. The summed E-state index contributed by atoms with van der Waals surface area (Å²) in [5.74, 6) is 0. The summed E-state index contributed by atoms with van der Waals surface area (Å²) in [5.41, 5.74) is -0.642. The van der Waals surface area contributed by atoms with Gasteiger partial charge in [0.15, 0.2) is 0 Å². The van der Waals surface area contributed by atoms with Crippen LogP contribution >= 0.6 is 0 Å². The van der Waals surface area contributed by atoms with Crippen molar-refractivity contribution in [1.29, 1.82) is 0 Å². The van der Waals surface area contributed by atoms with Crippen molar-refractivity contribution in [1.82, 2.24) is 4.31 Å². The molecule has 1 unspecified atom stereocenters. The van der Waals surface area contributed by atoms with Gasteiger partial charge in [0.1, 0.15) is 0 Å². The van der Waals surface area contributed by atoms with Gasteiger partial charge in [-0.1, -0.05) is 41.5 Å². The Kier molecular flexibility index (Phi) is 6.08. The minimum atomic E-state index is -2.23. The van der Waals surface area contributed by atoms with Gasteiger partial charge in [0.2, 0.25) is 0 Å². The molecule has 0 saturated carbocycles. The maximum atomic E-state index is 11.9. The van der Waals surface area contributed by atoms with Gasteiger partial charge in [0.05, 0.1) is 0 Å². The van der Waals surface area contributed by atoms with Crippen LogP contribution in [0.5, 0.6) is 0 Å². The van der Waals surface area contributed by atoms with Gasteiger partial charge in [-0.2, -0.15) is 0 Å². The van der Waals surface area contributed by atoms with Crippen LogP contribution in [0.4, 0.5) is 0 Å². The highest BCUT2D eigenvalue weighted by atomic mass is 32.2. The van der Waals surface area contributed by atoms with E-state index in [9.17, 15) is 8.76 Å². The second-order valence-corrected chi connectivity index (χ2v) is 10.4. The summed E-state index contributed by atoms with van der Waals surface area (Å²) >= 11 is -2.23. The predicted octanol–water partition coefficient (Wildman–Crippen LogP) is 4.51. The fourth-order valence-electron chi connectivity index (χ4n) is 3.96. The number of rotatable bonds is 5. The average Bonchev–Trinajstić information content (AvgIpc) is 1.87. The molecule has 0 aliphatic carbocycles. The lowest BCUT2D eigenvalue weighted by atomic mass is 9.77. The lowest BCUT2D eigenvalue weighted by Crippen LogP contribution is -2.58. The Morgan fingerprint density at radius 2 is 1.00 bits per heavy atom. The Labute approximate surface area is 128 Å². The molecule has 0 aromatic carbocycles. The van der Waals surface area contributed by atoms with Crippen molar-refractivity contribution in [3.8, 4) is 0 Å². The lowest BCUT2D eigenvalue weighted by Gasteiger charge is -2.52. The molecule has 0 N–H and O–H groups in total. The molecule has 0 saturated heterocycles. The first kappa shape index (κ1) is 20.1. The van der Waals surface area contributed by atoms with Crippen molar-refractivity contribution in [3.05, 3.63) is 0 Å². The molecule has 1 atom stereocenters. The molecule has 4 heteroatoms. The van der Waals surface area contributed by atoms with Crippen LogP contribution in [-0.2, 0) is 11.3 Å². The van der Waals surface area contributed by atoms with Crippen LogP contribution in [0.15, 0.2) is 0 Å². The van der Waals surface area contributed by atoms with Gasteiger partial charge in [-0.25, -0.2) is 4.31 Å².